The zero-order valence-corrected chi connectivity index (χ0v) is 8.16. The molecule has 15 heavy (non-hydrogen) atoms. The summed E-state index contributed by atoms with van der Waals surface area (Å²) in [4.78, 5) is 11.0. The van der Waals surface area contributed by atoms with Crippen molar-refractivity contribution >= 4 is 6.03 Å². The fraction of sp³-hybridized carbons (Fsp3) is 0.875. The highest BCUT2D eigenvalue weighted by Crippen LogP contribution is 2.12. The predicted molar refractivity (Wildman–Crippen MR) is 48.5 cm³/mol. The summed E-state index contributed by atoms with van der Waals surface area (Å²) in [5.74, 6) is 0. The highest BCUT2D eigenvalue weighted by atomic mass is 19.4. The maximum Gasteiger partial charge on any atom is 0.405 e. The molecule has 0 radical (unpaired) electrons. The van der Waals surface area contributed by atoms with Gasteiger partial charge in [0.25, 0.3) is 0 Å². The fourth-order valence-electron chi connectivity index (χ4n) is 1.38. The molecule has 0 bridgehead atoms. The van der Waals surface area contributed by atoms with E-state index in [1.807, 2.05) is 0 Å². The van der Waals surface area contributed by atoms with Gasteiger partial charge in [0.05, 0.1) is 0 Å². The third kappa shape index (κ3) is 5.46. The first-order valence-corrected chi connectivity index (χ1v) is 4.79. The van der Waals surface area contributed by atoms with Crippen molar-refractivity contribution in [1.82, 2.24) is 16.0 Å². The first-order valence-electron chi connectivity index (χ1n) is 4.79. The molecule has 7 heteroatoms. The van der Waals surface area contributed by atoms with Crippen LogP contribution in [-0.4, -0.2) is 37.9 Å². The maximum atomic E-state index is 11.7. The zero-order chi connectivity index (χ0) is 11.3. The molecule has 1 heterocycles. The van der Waals surface area contributed by atoms with Crippen LogP contribution in [0, 0.1) is 0 Å². The Morgan fingerprint density at radius 2 is 1.93 bits per heavy atom. The summed E-state index contributed by atoms with van der Waals surface area (Å²) in [7, 11) is 0. The topological polar surface area (TPSA) is 53.2 Å². The molecule has 0 unspecified atom stereocenters. The van der Waals surface area contributed by atoms with Crippen molar-refractivity contribution in [3.05, 3.63) is 0 Å². The molecule has 0 aromatic rings. The van der Waals surface area contributed by atoms with E-state index in [1.54, 1.807) is 5.32 Å². The van der Waals surface area contributed by atoms with Gasteiger partial charge < -0.3 is 16.0 Å². The summed E-state index contributed by atoms with van der Waals surface area (Å²) >= 11 is 0. The van der Waals surface area contributed by atoms with Crippen LogP contribution in [0.2, 0.25) is 0 Å². The van der Waals surface area contributed by atoms with E-state index in [1.165, 1.54) is 0 Å². The van der Waals surface area contributed by atoms with Crippen LogP contribution in [0.3, 0.4) is 0 Å². The average Bonchev–Trinajstić information content (AvgIpc) is 2.15. The molecule has 2 amide bonds. The number of halogens is 3. The molecule has 3 N–H and O–H groups in total. The molecule has 0 atom stereocenters. The minimum absolute atomic E-state index is 0.0283. The minimum Gasteiger partial charge on any atom is -0.335 e. The number of amides is 2. The molecule has 1 aliphatic rings. The van der Waals surface area contributed by atoms with Crippen LogP contribution < -0.4 is 16.0 Å². The molecule has 88 valence electrons. The van der Waals surface area contributed by atoms with Crippen LogP contribution >= 0.6 is 0 Å². The van der Waals surface area contributed by atoms with Crippen LogP contribution in [0.25, 0.3) is 0 Å². The van der Waals surface area contributed by atoms with Gasteiger partial charge in [-0.3, -0.25) is 0 Å². The Hall–Kier alpha value is -0.980. The average molecular weight is 225 g/mol. The monoisotopic (exact) mass is 225 g/mol. The van der Waals surface area contributed by atoms with Crippen LogP contribution in [0.1, 0.15) is 12.8 Å². The molecule has 0 spiro atoms. The summed E-state index contributed by atoms with van der Waals surface area (Å²) in [5.41, 5.74) is 0. The SMILES string of the molecule is O=C(NCC(F)(F)F)NC1CCNCC1. The molecule has 4 nitrogen and oxygen atoms in total. The number of alkyl halides is 3. The van der Waals surface area contributed by atoms with Gasteiger partial charge in [-0.15, -0.1) is 0 Å². The zero-order valence-electron chi connectivity index (χ0n) is 8.16. The summed E-state index contributed by atoms with van der Waals surface area (Å²) in [5, 5.41) is 7.37. The Morgan fingerprint density at radius 1 is 1.33 bits per heavy atom. The van der Waals surface area contributed by atoms with Gasteiger partial charge in [-0.05, 0) is 25.9 Å². The smallest absolute Gasteiger partial charge is 0.335 e. The molecule has 0 saturated carbocycles. The van der Waals surface area contributed by atoms with Crippen LogP contribution in [0.5, 0.6) is 0 Å². The standard InChI is InChI=1S/C8H14F3N3O/c9-8(10,11)5-13-7(15)14-6-1-3-12-4-2-6/h6,12H,1-5H2,(H2,13,14,15). The number of rotatable bonds is 2. The lowest BCUT2D eigenvalue weighted by molar-refractivity contribution is -0.122. The Kier molecular flexibility index (Phi) is 4.19. The number of piperidine rings is 1. The molecule has 1 aliphatic heterocycles. The lowest BCUT2D eigenvalue weighted by Crippen LogP contribution is -2.48. The Balaban J connectivity index is 2.17. The molecule has 0 aliphatic carbocycles. The fourth-order valence-corrected chi connectivity index (χ4v) is 1.38. The summed E-state index contributed by atoms with van der Waals surface area (Å²) in [6.45, 7) is 0.276. The number of nitrogens with one attached hydrogen (secondary N) is 3. The van der Waals surface area contributed by atoms with E-state index in [0.29, 0.717) is 0 Å². The van der Waals surface area contributed by atoms with E-state index in [0.717, 1.165) is 25.9 Å². The van der Waals surface area contributed by atoms with Gasteiger partial charge in [-0.25, -0.2) is 4.79 Å². The summed E-state index contributed by atoms with van der Waals surface area (Å²) in [6, 6.07) is -0.779. The maximum absolute atomic E-state index is 11.7. The van der Waals surface area contributed by atoms with Crippen molar-refractivity contribution in [2.45, 2.75) is 25.1 Å². The third-order valence-electron chi connectivity index (χ3n) is 2.12. The van der Waals surface area contributed by atoms with E-state index in [-0.39, 0.29) is 6.04 Å². The second-order valence-corrected chi connectivity index (χ2v) is 3.47. The number of carbonyl (C=O) groups is 1. The van der Waals surface area contributed by atoms with Gasteiger partial charge in [0, 0.05) is 6.04 Å². The van der Waals surface area contributed by atoms with Crippen molar-refractivity contribution in [3.63, 3.8) is 0 Å². The van der Waals surface area contributed by atoms with Crippen molar-refractivity contribution in [2.75, 3.05) is 19.6 Å². The molecular formula is C8H14F3N3O. The Morgan fingerprint density at radius 3 is 2.47 bits per heavy atom. The van der Waals surface area contributed by atoms with E-state index in [9.17, 15) is 18.0 Å². The third-order valence-corrected chi connectivity index (χ3v) is 2.12. The number of carbonyl (C=O) groups excluding carboxylic acids is 1. The van der Waals surface area contributed by atoms with Gasteiger partial charge in [-0.1, -0.05) is 0 Å². The Labute approximate surface area is 85.6 Å². The predicted octanol–water partition coefficient (Wildman–Crippen LogP) is 0.600. The molecule has 1 saturated heterocycles. The number of urea groups is 1. The van der Waals surface area contributed by atoms with Gasteiger partial charge in [-0.2, -0.15) is 13.2 Å². The minimum atomic E-state index is -4.36. The lowest BCUT2D eigenvalue weighted by Gasteiger charge is -2.23. The van der Waals surface area contributed by atoms with Crippen molar-refractivity contribution in [1.29, 1.82) is 0 Å². The van der Waals surface area contributed by atoms with E-state index >= 15 is 0 Å². The van der Waals surface area contributed by atoms with Crippen molar-refractivity contribution in [2.24, 2.45) is 0 Å². The first-order chi connectivity index (χ1) is 6.97. The largest absolute Gasteiger partial charge is 0.405 e. The normalized spacial score (nSPS) is 18.6. The molecular weight excluding hydrogens is 211 g/mol. The summed E-state index contributed by atoms with van der Waals surface area (Å²) < 4.78 is 35.2. The Bertz CT molecular complexity index is 214. The van der Waals surface area contributed by atoms with Crippen molar-refractivity contribution < 1.29 is 18.0 Å². The van der Waals surface area contributed by atoms with Crippen LogP contribution in [0.4, 0.5) is 18.0 Å². The number of hydrogen-bond donors (Lipinski definition) is 3. The van der Waals surface area contributed by atoms with Gasteiger partial charge in [0.1, 0.15) is 6.54 Å². The summed E-state index contributed by atoms with van der Waals surface area (Å²) in [6.07, 6.45) is -2.86. The van der Waals surface area contributed by atoms with Crippen LogP contribution in [-0.2, 0) is 0 Å². The van der Waals surface area contributed by atoms with E-state index < -0.39 is 18.8 Å². The van der Waals surface area contributed by atoms with Crippen molar-refractivity contribution in [3.8, 4) is 0 Å². The van der Waals surface area contributed by atoms with E-state index in [4.69, 9.17) is 0 Å². The van der Waals surface area contributed by atoms with E-state index in [2.05, 4.69) is 10.6 Å². The second kappa shape index (κ2) is 5.20. The quantitative estimate of drug-likeness (QED) is 0.644. The van der Waals surface area contributed by atoms with Crippen LogP contribution in [0.15, 0.2) is 0 Å². The van der Waals surface area contributed by atoms with Gasteiger partial charge in [0.2, 0.25) is 0 Å². The molecule has 1 fully saturated rings. The second-order valence-electron chi connectivity index (χ2n) is 3.47. The lowest BCUT2D eigenvalue weighted by atomic mass is 10.1. The molecule has 1 rings (SSSR count). The highest BCUT2D eigenvalue weighted by Gasteiger charge is 2.28. The van der Waals surface area contributed by atoms with Gasteiger partial charge in [0.15, 0.2) is 0 Å². The first kappa shape index (κ1) is 12.1. The number of hydrogen-bond acceptors (Lipinski definition) is 2. The molecule has 0 aromatic carbocycles. The molecule has 0 aromatic heterocycles. The van der Waals surface area contributed by atoms with Gasteiger partial charge >= 0.3 is 12.2 Å². The highest BCUT2D eigenvalue weighted by molar-refractivity contribution is 5.74.